The lowest BCUT2D eigenvalue weighted by molar-refractivity contribution is -0.146. The largest absolute Gasteiger partial charge is 0.497 e. The van der Waals surface area contributed by atoms with Gasteiger partial charge in [0.1, 0.15) is 11.5 Å². The highest BCUT2D eigenvalue weighted by molar-refractivity contribution is 5.94. The number of aryl methyl sites for hydroxylation is 1. The van der Waals surface area contributed by atoms with Crippen molar-refractivity contribution in [2.24, 2.45) is 5.92 Å². The Morgan fingerprint density at radius 2 is 1.77 bits per heavy atom. The van der Waals surface area contributed by atoms with E-state index in [1.165, 1.54) is 18.4 Å². The van der Waals surface area contributed by atoms with E-state index < -0.39 is 5.92 Å². The van der Waals surface area contributed by atoms with E-state index in [2.05, 4.69) is 12.2 Å². The van der Waals surface area contributed by atoms with Gasteiger partial charge in [-0.1, -0.05) is 44.1 Å². The molecule has 0 heterocycles. The normalized spacial score (nSPS) is 17.6. The lowest BCUT2D eigenvalue weighted by Crippen LogP contribution is -2.34. The molecule has 0 saturated carbocycles. The zero-order chi connectivity index (χ0) is 25.2. The number of ether oxygens (including phenoxy) is 3. The molecule has 3 atom stereocenters. The molecule has 35 heavy (non-hydrogen) atoms. The fourth-order valence-corrected chi connectivity index (χ4v) is 4.58. The maximum atomic E-state index is 13.0. The number of hydrogen-bond donors (Lipinski definition) is 1. The summed E-state index contributed by atoms with van der Waals surface area (Å²) in [5.74, 6) is 0.0806. The van der Waals surface area contributed by atoms with E-state index in [0.717, 1.165) is 12.8 Å². The number of esters is 1. The van der Waals surface area contributed by atoms with Crippen LogP contribution in [0.3, 0.4) is 0 Å². The highest BCUT2D eigenvalue weighted by Gasteiger charge is 2.36. The Morgan fingerprint density at radius 1 is 1.00 bits per heavy atom. The van der Waals surface area contributed by atoms with Crippen molar-refractivity contribution in [1.29, 1.82) is 0 Å². The summed E-state index contributed by atoms with van der Waals surface area (Å²) < 4.78 is 16.3. The minimum atomic E-state index is -0.569. The van der Waals surface area contributed by atoms with Gasteiger partial charge in [0.05, 0.1) is 26.7 Å². The molecule has 0 unspecified atom stereocenters. The van der Waals surface area contributed by atoms with Crippen molar-refractivity contribution in [1.82, 2.24) is 5.32 Å². The van der Waals surface area contributed by atoms with Crippen molar-refractivity contribution in [3.05, 3.63) is 71.3 Å². The number of amides is 1. The standard InChI is InChI=1S/C29H37NO5/c1-5-7-8-9-20-10-12-21(13-11-20)28(31)30-23-15-14-22(18-23)27(29(32)35-6-2)25-19-24(33-3)16-17-26(25)34-4/h10-17,19,22-23,27H,5-9,18H2,1-4H3,(H,30,31)/t22-,23+,27-/m0/s1. The summed E-state index contributed by atoms with van der Waals surface area (Å²) in [7, 11) is 3.17. The van der Waals surface area contributed by atoms with Crippen LogP contribution in [0.1, 0.15) is 66.9 Å². The van der Waals surface area contributed by atoms with Crippen LogP contribution in [0.25, 0.3) is 0 Å². The summed E-state index contributed by atoms with van der Waals surface area (Å²) in [5.41, 5.74) is 2.60. The van der Waals surface area contributed by atoms with E-state index in [9.17, 15) is 9.59 Å². The quantitative estimate of drug-likeness (QED) is 0.249. The Labute approximate surface area is 208 Å². The van der Waals surface area contributed by atoms with Gasteiger partial charge in [0.15, 0.2) is 0 Å². The lowest BCUT2D eigenvalue weighted by atomic mass is 9.84. The second-order valence-corrected chi connectivity index (χ2v) is 8.86. The third-order valence-corrected chi connectivity index (χ3v) is 6.46. The minimum absolute atomic E-state index is 0.118. The first-order valence-electron chi connectivity index (χ1n) is 12.5. The van der Waals surface area contributed by atoms with Crippen LogP contribution in [0.15, 0.2) is 54.6 Å². The van der Waals surface area contributed by atoms with Crippen LogP contribution >= 0.6 is 0 Å². The molecule has 1 aliphatic carbocycles. The van der Waals surface area contributed by atoms with Gasteiger partial charge in [-0.25, -0.2) is 0 Å². The smallest absolute Gasteiger partial charge is 0.314 e. The van der Waals surface area contributed by atoms with Gasteiger partial charge in [0.2, 0.25) is 0 Å². The van der Waals surface area contributed by atoms with Gasteiger partial charge in [-0.05, 0) is 68.0 Å². The molecule has 6 heteroatoms. The van der Waals surface area contributed by atoms with Crippen molar-refractivity contribution >= 4 is 11.9 Å². The molecule has 188 valence electrons. The first-order valence-corrected chi connectivity index (χ1v) is 12.5. The molecule has 1 amide bonds. The number of carbonyl (C=O) groups is 2. The number of benzene rings is 2. The number of hydrogen-bond acceptors (Lipinski definition) is 5. The third kappa shape index (κ3) is 6.87. The van der Waals surface area contributed by atoms with Crippen LogP contribution < -0.4 is 14.8 Å². The highest BCUT2D eigenvalue weighted by atomic mass is 16.5. The van der Waals surface area contributed by atoms with E-state index in [0.29, 0.717) is 29.0 Å². The van der Waals surface area contributed by atoms with Crippen LogP contribution in [0, 0.1) is 5.92 Å². The zero-order valence-corrected chi connectivity index (χ0v) is 21.2. The SMILES string of the molecule is CCCCCc1ccc(C(=O)N[C@@H]2C=C[C@H]([C@H](C(=O)OCC)c3cc(OC)ccc3OC)C2)cc1. The molecule has 2 aromatic carbocycles. The molecule has 0 aromatic heterocycles. The summed E-state index contributed by atoms with van der Waals surface area (Å²) in [4.78, 5) is 25.9. The molecule has 0 fully saturated rings. The molecular formula is C29H37NO5. The van der Waals surface area contributed by atoms with Gasteiger partial charge in [-0.2, -0.15) is 0 Å². The molecule has 0 saturated heterocycles. The molecule has 0 spiro atoms. The second-order valence-electron chi connectivity index (χ2n) is 8.86. The van der Waals surface area contributed by atoms with Crippen molar-refractivity contribution < 1.29 is 23.8 Å². The van der Waals surface area contributed by atoms with Crippen LogP contribution in [-0.2, 0) is 16.0 Å². The summed E-state index contributed by atoms with van der Waals surface area (Å²) in [6, 6.07) is 13.1. The Hall–Kier alpha value is -3.28. The number of allylic oxidation sites excluding steroid dienone is 1. The maximum Gasteiger partial charge on any atom is 0.314 e. The zero-order valence-electron chi connectivity index (χ0n) is 21.2. The average molecular weight is 480 g/mol. The molecule has 0 aliphatic heterocycles. The van der Waals surface area contributed by atoms with Gasteiger partial charge < -0.3 is 19.5 Å². The Morgan fingerprint density at radius 3 is 2.43 bits per heavy atom. The van der Waals surface area contributed by atoms with Crippen molar-refractivity contribution in [2.45, 2.75) is 57.9 Å². The van der Waals surface area contributed by atoms with Crippen LogP contribution in [-0.4, -0.2) is 38.7 Å². The van der Waals surface area contributed by atoms with Crippen molar-refractivity contribution in [2.75, 3.05) is 20.8 Å². The average Bonchev–Trinajstić information content (AvgIpc) is 3.32. The predicted octanol–water partition coefficient (Wildman–Crippen LogP) is 5.46. The fraction of sp³-hybridized carbons (Fsp3) is 0.448. The van der Waals surface area contributed by atoms with E-state index in [4.69, 9.17) is 14.2 Å². The monoisotopic (exact) mass is 479 g/mol. The number of methoxy groups -OCH3 is 2. The van der Waals surface area contributed by atoms with E-state index >= 15 is 0 Å². The number of unbranched alkanes of at least 4 members (excludes halogenated alkanes) is 2. The first-order chi connectivity index (χ1) is 17.0. The van der Waals surface area contributed by atoms with Crippen LogP contribution in [0.4, 0.5) is 0 Å². The van der Waals surface area contributed by atoms with Crippen molar-refractivity contribution in [3.63, 3.8) is 0 Å². The van der Waals surface area contributed by atoms with E-state index in [-0.39, 0.29) is 30.4 Å². The predicted molar refractivity (Wildman–Crippen MR) is 137 cm³/mol. The number of rotatable bonds is 12. The van der Waals surface area contributed by atoms with Gasteiger partial charge in [0, 0.05) is 17.2 Å². The molecule has 3 rings (SSSR count). The number of carbonyl (C=O) groups excluding carboxylic acids is 2. The second kappa shape index (κ2) is 13.0. The minimum Gasteiger partial charge on any atom is -0.497 e. The molecule has 2 aromatic rings. The molecule has 1 aliphatic rings. The lowest BCUT2D eigenvalue weighted by Gasteiger charge is -2.24. The van der Waals surface area contributed by atoms with Gasteiger partial charge >= 0.3 is 5.97 Å². The van der Waals surface area contributed by atoms with Gasteiger partial charge in [-0.3, -0.25) is 9.59 Å². The van der Waals surface area contributed by atoms with Gasteiger partial charge in [-0.15, -0.1) is 0 Å². The number of nitrogens with one attached hydrogen (secondary N) is 1. The maximum absolute atomic E-state index is 13.0. The summed E-state index contributed by atoms with van der Waals surface area (Å²) in [5, 5.41) is 3.09. The van der Waals surface area contributed by atoms with Gasteiger partial charge in [0.25, 0.3) is 5.91 Å². The Bertz CT molecular complexity index is 1010. The van der Waals surface area contributed by atoms with Crippen LogP contribution in [0.2, 0.25) is 0 Å². The first kappa shape index (κ1) is 26.3. The summed E-state index contributed by atoms with van der Waals surface area (Å²) in [6.07, 6.45) is 9.14. The van der Waals surface area contributed by atoms with E-state index in [1.807, 2.05) is 42.5 Å². The Balaban J connectivity index is 1.70. The summed E-state index contributed by atoms with van der Waals surface area (Å²) in [6.45, 7) is 4.27. The molecule has 6 nitrogen and oxygen atoms in total. The highest BCUT2D eigenvalue weighted by Crippen LogP contribution is 2.40. The third-order valence-electron chi connectivity index (χ3n) is 6.46. The molecule has 0 bridgehead atoms. The fourth-order valence-electron chi connectivity index (χ4n) is 4.58. The molecular weight excluding hydrogens is 442 g/mol. The van der Waals surface area contributed by atoms with Crippen LogP contribution in [0.5, 0.6) is 11.5 Å². The van der Waals surface area contributed by atoms with E-state index in [1.54, 1.807) is 33.3 Å². The topological polar surface area (TPSA) is 73.9 Å². The van der Waals surface area contributed by atoms with Crippen molar-refractivity contribution in [3.8, 4) is 11.5 Å². The Kier molecular flexibility index (Phi) is 9.76. The summed E-state index contributed by atoms with van der Waals surface area (Å²) >= 11 is 0. The molecule has 0 radical (unpaired) electrons. The molecule has 1 N–H and O–H groups in total.